The molecule has 4 rings (SSSR count). The molecule has 0 radical (unpaired) electrons. The number of aromatic nitrogens is 2. The second kappa shape index (κ2) is 7.73. The highest BCUT2D eigenvalue weighted by atomic mass is 16.3. The van der Waals surface area contributed by atoms with Crippen LogP contribution in [-0.4, -0.2) is 14.7 Å². The van der Waals surface area contributed by atoms with Crippen LogP contribution in [0.1, 0.15) is 60.5 Å². The Bertz CT molecular complexity index is 1170. The van der Waals surface area contributed by atoms with E-state index in [4.69, 9.17) is 4.98 Å². The molecule has 3 nitrogen and oxygen atoms in total. The second-order valence-electron chi connectivity index (χ2n) is 9.24. The average molecular weight is 399 g/mol. The molecule has 0 aliphatic rings. The SMILES string of the molecule is Cc1cc2nc(C(O)c3ccccc3)n(Cc3ccc(C(C)(C)C)cc3)c2cc1C. The Balaban J connectivity index is 1.81. The zero-order valence-electron chi connectivity index (χ0n) is 18.5. The van der Waals surface area contributed by atoms with Crippen molar-refractivity contribution < 1.29 is 5.11 Å². The van der Waals surface area contributed by atoms with Crippen LogP contribution in [0, 0.1) is 13.8 Å². The van der Waals surface area contributed by atoms with Crippen LogP contribution in [-0.2, 0) is 12.0 Å². The lowest BCUT2D eigenvalue weighted by molar-refractivity contribution is 0.206. The van der Waals surface area contributed by atoms with Crippen LogP contribution in [0.5, 0.6) is 0 Å². The maximum Gasteiger partial charge on any atom is 0.143 e. The Labute approximate surface area is 179 Å². The van der Waals surface area contributed by atoms with Crippen molar-refractivity contribution in [2.75, 3.05) is 0 Å². The van der Waals surface area contributed by atoms with Crippen molar-refractivity contribution in [2.24, 2.45) is 0 Å². The number of aliphatic hydroxyl groups is 1. The third-order valence-electron chi connectivity index (χ3n) is 5.91. The molecule has 0 amide bonds. The monoisotopic (exact) mass is 398 g/mol. The summed E-state index contributed by atoms with van der Waals surface area (Å²) in [5.74, 6) is 0.682. The maximum atomic E-state index is 11.2. The van der Waals surface area contributed by atoms with Crippen LogP contribution in [0.25, 0.3) is 11.0 Å². The predicted molar refractivity (Wildman–Crippen MR) is 124 cm³/mol. The summed E-state index contributed by atoms with van der Waals surface area (Å²) in [6.07, 6.45) is -0.770. The van der Waals surface area contributed by atoms with Gasteiger partial charge in [0, 0.05) is 6.54 Å². The van der Waals surface area contributed by atoms with Gasteiger partial charge in [0.05, 0.1) is 11.0 Å². The summed E-state index contributed by atoms with van der Waals surface area (Å²) in [6.45, 7) is 11.6. The number of imidazole rings is 1. The van der Waals surface area contributed by atoms with Crippen LogP contribution in [0.4, 0.5) is 0 Å². The molecule has 3 heteroatoms. The van der Waals surface area contributed by atoms with Crippen LogP contribution < -0.4 is 0 Å². The molecule has 0 bridgehead atoms. The van der Waals surface area contributed by atoms with Crippen LogP contribution >= 0.6 is 0 Å². The highest BCUT2D eigenvalue weighted by Gasteiger charge is 2.21. The van der Waals surface area contributed by atoms with E-state index in [9.17, 15) is 5.11 Å². The van der Waals surface area contributed by atoms with E-state index < -0.39 is 6.10 Å². The summed E-state index contributed by atoms with van der Waals surface area (Å²) in [5, 5.41) is 11.2. The lowest BCUT2D eigenvalue weighted by Crippen LogP contribution is -2.12. The first kappa shape index (κ1) is 20.4. The van der Waals surface area contributed by atoms with Gasteiger partial charge in [0.2, 0.25) is 0 Å². The molecule has 3 aromatic carbocycles. The number of hydrogen-bond donors (Lipinski definition) is 1. The van der Waals surface area contributed by atoms with Gasteiger partial charge in [-0.05, 0) is 59.2 Å². The molecule has 30 heavy (non-hydrogen) atoms. The van der Waals surface area contributed by atoms with E-state index in [1.54, 1.807) is 0 Å². The Morgan fingerprint density at radius 1 is 0.900 bits per heavy atom. The molecule has 0 fully saturated rings. The number of nitrogens with zero attached hydrogens (tertiary/aromatic N) is 2. The van der Waals surface area contributed by atoms with E-state index in [0.717, 1.165) is 16.6 Å². The van der Waals surface area contributed by atoms with Crippen molar-refractivity contribution in [1.82, 2.24) is 9.55 Å². The molecule has 1 aromatic heterocycles. The number of hydrogen-bond acceptors (Lipinski definition) is 2. The van der Waals surface area contributed by atoms with Gasteiger partial charge in [-0.1, -0.05) is 75.4 Å². The molecule has 1 N–H and O–H groups in total. The highest BCUT2D eigenvalue weighted by Crippen LogP contribution is 2.29. The molecule has 1 atom stereocenters. The average Bonchev–Trinajstić information content (AvgIpc) is 3.05. The smallest absolute Gasteiger partial charge is 0.143 e. The van der Waals surface area contributed by atoms with E-state index in [-0.39, 0.29) is 5.41 Å². The topological polar surface area (TPSA) is 38.1 Å². The number of fused-ring (bicyclic) bond motifs is 1. The first-order chi connectivity index (χ1) is 14.2. The van der Waals surface area contributed by atoms with Gasteiger partial charge in [-0.15, -0.1) is 0 Å². The lowest BCUT2D eigenvalue weighted by atomic mass is 9.87. The van der Waals surface area contributed by atoms with Gasteiger partial charge in [0.1, 0.15) is 11.9 Å². The van der Waals surface area contributed by atoms with Gasteiger partial charge in [-0.3, -0.25) is 0 Å². The molecule has 1 unspecified atom stereocenters. The van der Waals surface area contributed by atoms with Gasteiger partial charge in [0.15, 0.2) is 0 Å². The number of aliphatic hydroxyl groups excluding tert-OH is 1. The number of rotatable bonds is 4. The van der Waals surface area contributed by atoms with Crippen molar-refractivity contribution in [3.05, 3.63) is 100 Å². The molecular weight excluding hydrogens is 368 g/mol. The van der Waals surface area contributed by atoms with Crippen LogP contribution in [0.2, 0.25) is 0 Å². The molecule has 0 aliphatic heterocycles. The molecule has 154 valence electrons. The Hall–Kier alpha value is -2.91. The van der Waals surface area contributed by atoms with E-state index in [0.29, 0.717) is 12.4 Å². The summed E-state index contributed by atoms with van der Waals surface area (Å²) in [7, 11) is 0. The summed E-state index contributed by atoms with van der Waals surface area (Å²) in [4.78, 5) is 4.86. The minimum atomic E-state index is -0.770. The third-order valence-corrected chi connectivity index (χ3v) is 5.91. The Morgan fingerprint density at radius 3 is 2.17 bits per heavy atom. The Morgan fingerprint density at radius 2 is 1.53 bits per heavy atom. The van der Waals surface area contributed by atoms with E-state index in [1.165, 1.54) is 22.3 Å². The molecule has 0 saturated carbocycles. The zero-order valence-corrected chi connectivity index (χ0v) is 18.5. The molecule has 0 aliphatic carbocycles. The van der Waals surface area contributed by atoms with Crippen molar-refractivity contribution in [3.63, 3.8) is 0 Å². The molecule has 0 saturated heterocycles. The first-order valence-corrected chi connectivity index (χ1v) is 10.5. The molecule has 0 spiro atoms. The Kier molecular flexibility index (Phi) is 5.25. The summed E-state index contributed by atoms with van der Waals surface area (Å²) in [5.41, 5.74) is 7.92. The summed E-state index contributed by atoms with van der Waals surface area (Å²) in [6, 6.07) is 22.8. The fourth-order valence-electron chi connectivity index (χ4n) is 3.85. The largest absolute Gasteiger partial charge is 0.380 e. The minimum Gasteiger partial charge on any atom is -0.380 e. The zero-order chi connectivity index (χ0) is 21.5. The van der Waals surface area contributed by atoms with Gasteiger partial charge in [-0.25, -0.2) is 4.98 Å². The summed E-state index contributed by atoms with van der Waals surface area (Å²) >= 11 is 0. The fourth-order valence-corrected chi connectivity index (χ4v) is 3.85. The minimum absolute atomic E-state index is 0.129. The quantitative estimate of drug-likeness (QED) is 0.452. The van der Waals surface area contributed by atoms with Gasteiger partial charge in [0.25, 0.3) is 0 Å². The maximum absolute atomic E-state index is 11.2. The molecule has 1 heterocycles. The fraction of sp³-hybridized carbons (Fsp3) is 0.296. The normalized spacial score (nSPS) is 13.0. The van der Waals surface area contributed by atoms with Crippen molar-refractivity contribution in [2.45, 2.75) is 52.7 Å². The number of aryl methyl sites for hydroxylation is 2. The molecule has 4 aromatic rings. The van der Waals surface area contributed by atoms with Gasteiger partial charge >= 0.3 is 0 Å². The summed E-state index contributed by atoms with van der Waals surface area (Å²) < 4.78 is 2.16. The van der Waals surface area contributed by atoms with Crippen LogP contribution in [0.15, 0.2) is 66.7 Å². The van der Waals surface area contributed by atoms with Crippen molar-refractivity contribution in [1.29, 1.82) is 0 Å². The standard InChI is InChI=1S/C27H30N2O/c1-18-15-23-24(16-19(18)2)29(17-20-11-13-22(14-12-20)27(3,4)5)26(28-23)25(30)21-9-7-6-8-10-21/h6-16,25,30H,17H2,1-5H3. The third kappa shape index (κ3) is 3.90. The highest BCUT2D eigenvalue weighted by molar-refractivity contribution is 5.78. The second-order valence-corrected chi connectivity index (χ2v) is 9.24. The predicted octanol–water partition coefficient (Wildman–Crippen LogP) is 6.08. The van der Waals surface area contributed by atoms with Crippen molar-refractivity contribution >= 4 is 11.0 Å². The lowest BCUT2D eigenvalue weighted by Gasteiger charge is -2.20. The van der Waals surface area contributed by atoms with E-state index in [1.807, 2.05) is 30.3 Å². The van der Waals surface area contributed by atoms with Crippen LogP contribution in [0.3, 0.4) is 0 Å². The number of benzene rings is 3. The molecular formula is C27H30N2O. The van der Waals surface area contributed by atoms with Gasteiger partial charge < -0.3 is 9.67 Å². The van der Waals surface area contributed by atoms with Crippen molar-refractivity contribution in [3.8, 4) is 0 Å². The van der Waals surface area contributed by atoms with E-state index in [2.05, 4.69) is 75.6 Å². The van der Waals surface area contributed by atoms with Gasteiger partial charge in [-0.2, -0.15) is 0 Å². The first-order valence-electron chi connectivity index (χ1n) is 10.5. The van der Waals surface area contributed by atoms with E-state index >= 15 is 0 Å².